The van der Waals surface area contributed by atoms with E-state index in [2.05, 4.69) is 22.3 Å². The highest BCUT2D eigenvalue weighted by Crippen LogP contribution is 2.16. The van der Waals surface area contributed by atoms with Gasteiger partial charge in [0.25, 0.3) is 5.91 Å². The molecular formula is C14H20N4O. The summed E-state index contributed by atoms with van der Waals surface area (Å²) in [5.41, 5.74) is 2.28. The van der Waals surface area contributed by atoms with E-state index in [1.54, 1.807) is 10.9 Å². The van der Waals surface area contributed by atoms with Gasteiger partial charge in [0.05, 0.1) is 11.3 Å². The van der Waals surface area contributed by atoms with Crippen molar-refractivity contribution < 1.29 is 4.79 Å². The third-order valence-electron chi connectivity index (χ3n) is 3.22. The van der Waals surface area contributed by atoms with Crippen molar-refractivity contribution in [3.05, 3.63) is 23.5 Å². The van der Waals surface area contributed by atoms with Gasteiger partial charge in [-0.1, -0.05) is 13.3 Å². The Morgan fingerprint density at radius 1 is 1.53 bits per heavy atom. The Hall–Kier alpha value is -1.91. The Morgan fingerprint density at radius 3 is 2.95 bits per heavy atom. The molecule has 0 saturated heterocycles. The van der Waals surface area contributed by atoms with Gasteiger partial charge in [-0.25, -0.2) is 4.98 Å². The molecule has 0 bridgehead atoms. The van der Waals surface area contributed by atoms with E-state index in [4.69, 9.17) is 0 Å². The van der Waals surface area contributed by atoms with Gasteiger partial charge in [0.15, 0.2) is 5.65 Å². The molecule has 0 aliphatic rings. The fraction of sp³-hybridized carbons (Fsp3) is 0.500. The Kier molecular flexibility index (Phi) is 3.83. The van der Waals surface area contributed by atoms with Crippen LogP contribution < -0.4 is 5.32 Å². The second-order valence-electron chi connectivity index (χ2n) is 4.97. The first-order chi connectivity index (χ1) is 9.02. The zero-order valence-corrected chi connectivity index (χ0v) is 11.9. The number of aryl methyl sites for hydroxylation is 2. The zero-order valence-electron chi connectivity index (χ0n) is 11.9. The summed E-state index contributed by atoms with van der Waals surface area (Å²) in [4.78, 5) is 16.4. The molecular weight excluding hydrogens is 240 g/mol. The summed E-state index contributed by atoms with van der Waals surface area (Å²) in [6, 6.07) is 2.04. The van der Waals surface area contributed by atoms with Crippen molar-refractivity contribution >= 4 is 16.9 Å². The summed E-state index contributed by atoms with van der Waals surface area (Å²) < 4.78 is 1.73. The van der Waals surface area contributed by atoms with Gasteiger partial charge in [0, 0.05) is 24.7 Å². The van der Waals surface area contributed by atoms with Crippen molar-refractivity contribution in [3.63, 3.8) is 0 Å². The number of hydrogen-bond acceptors (Lipinski definition) is 3. The lowest BCUT2D eigenvalue weighted by atomic mass is 10.1. The molecule has 5 nitrogen and oxygen atoms in total. The number of pyridine rings is 1. The highest BCUT2D eigenvalue weighted by molar-refractivity contribution is 5.97. The minimum absolute atomic E-state index is 0.0707. The number of nitrogens with zero attached hydrogens (tertiary/aromatic N) is 3. The van der Waals surface area contributed by atoms with Crippen LogP contribution in [0.2, 0.25) is 0 Å². The van der Waals surface area contributed by atoms with Crippen LogP contribution in [-0.2, 0) is 7.05 Å². The van der Waals surface area contributed by atoms with E-state index < -0.39 is 0 Å². The number of carbonyl (C=O) groups excluding carboxylic acids is 1. The molecule has 0 aromatic carbocycles. The second kappa shape index (κ2) is 5.38. The van der Waals surface area contributed by atoms with Crippen molar-refractivity contribution in [1.82, 2.24) is 20.1 Å². The van der Waals surface area contributed by atoms with E-state index in [9.17, 15) is 4.79 Å². The molecule has 0 unspecified atom stereocenters. The molecule has 0 aliphatic carbocycles. The van der Waals surface area contributed by atoms with E-state index in [-0.39, 0.29) is 11.9 Å². The Labute approximate surface area is 113 Å². The van der Waals surface area contributed by atoms with Crippen LogP contribution in [0.5, 0.6) is 0 Å². The number of rotatable bonds is 4. The molecule has 0 aliphatic heterocycles. The maximum absolute atomic E-state index is 12.1. The minimum Gasteiger partial charge on any atom is -0.350 e. The maximum Gasteiger partial charge on any atom is 0.253 e. The van der Waals surface area contributed by atoms with Crippen molar-refractivity contribution in [2.75, 3.05) is 0 Å². The lowest BCUT2D eigenvalue weighted by molar-refractivity contribution is 0.0938. The average Bonchev–Trinajstić information content (AvgIpc) is 2.65. The second-order valence-corrected chi connectivity index (χ2v) is 4.97. The molecule has 0 saturated carbocycles. The Bertz CT molecular complexity index is 603. The van der Waals surface area contributed by atoms with Crippen molar-refractivity contribution in [1.29, 1.82) is 0 Å². The highest BCUT2D eigenvalue weighted by Gasteiger charge is 2.13. The third kappa shape index (κ3) is 2.75. The quantitative estimate of drug-likeness (QED) is 0.916. The van der Waals surface area contributed by atoms with E-state index in [1.165, 1.54) is 0 Å². The van der Waals surface area contributed by atoms with Crippen LogP contribution in [0.4, 0.5) is 0 Å². The first-order valence-electron chi connectivity index (χ1n) is 6.63. The first-order valence-corrected chi connectivity index (χ1v) is 6.63. The molecule has 2 aromatic rings. The number of carbonyl (C=O) groups is 1. The number of hydrogen-bond donors (Lipinski definition) is 1. The van der Waals surface area contributed by atoms with Crippen LogP contribution in [0, 0.1) is 6.92 Å². The van der Waals surface area contributed by atoms with Gasteiger partial charge in [0.1, 0.15) is 0 Å². The molecule has 2 aromatic heterocycles. The summed E-state index contributed by atoms with van der Waals surface area (Å²) >= 11 is 0. The Balaban J connectivity index is 2.25. The molecule has 1 atom stereocenters. The van der Waals surface area contributed by atoms with Gasteiger partial charge in [-0.05, 0) is 26.3 Å². The molecule has 102 valence electrons. The number of nitrogens with one attached hydrogen (secondary N) is 1. The summed E-state index contributed by atoms with van der Waals surface area (Å²) in [7, 11) is 1.85. The SMILES string of the molecule is CCC[C@@H](C)NC(=O)c1cnc2c(c1)c(C)nn2C. The van der Waals surface area contributed by atoms with Gasteiger partial charge >= 0.3 is 0 Å². The lowest BCUT2D eigenvalue weighted by Crippen LogP contribution is -2.32. The van der Waals surface area contributed by atoms with Gasteiger partial charge in [-0.3, -0.25) is 9.48 Å². The molecule has 0 radical (unpaired) electrons. The van der Waals surface area contributed by atoms with Crippen LogP contribution in [0.25, 0.3) is 11.0 Å². The molecule has 19 heavy (non-hydrogen) atoms. The minimum atomic E-state index is -0.0707. The maximum atomic E-state index is 12.1. The predicted octanol–water partition coefficient (Wildman–Crippen LogP) is 2.20. The molecule has 2 rings (SSSR count). The van der Waals surface area contributed by atoms with Crippen molar-refractivity contribution in [2.24, 2.45) is 7.05 Å². The number of aromatic nitrogens is 3. The summed E-state index contributed by atoms with van der Waals surface area (Å²) in [6.45, 7) is 6.04. The van der Waals surface area contributed by atoms with E-state index >= 15 is 0 Å². The molecule has 2 heterocycles. The smallest absolute Gasteiger partial charge is 0.253 e. The normalized spacial score (nSPS) is 12.6. The number of amides is 1. The van der Waals surface area contributed by atoms with Gasteiger partial charge in [-0.2, -0.15) is 5.10 Å². The van der Waals surface area contributed by atoms with Crippen molar-refractivity contribution in [2.45, 2.75) is 39.7 Å². The number of fused-ring (bicyclic) bond motifs is 1. The fourth-order valence-electron chi connectivity index (χ4n) is 2.24. The molecule has 5 heteroatoms. The van der Waals surface area contributed by atoms with E-state index in [1.807, 2.05) is 27.0 Å². The molecule has 1 amide bonds. The van der Waals surface area contributed by atoms with Crippen LogP contribution >= 0.6 is 0 Å². The van der Waals surface area contributed by atoms with Crippen LogP contribution in [-0.4, -0.2) is 26.7 Å². The largest absolute Gasteiger partial charge is 0.350 e. The third-order valence-corrected chi connectivity index (χ3v) is 3.22. The predicted molar refractivity (Wildman–Crippen MR) is 75.1 cm³/mol. The lowest BCUT2D eigenvalue weighted by Gasteiger charge is -2.12. The first kappa shape index (κ1) is 13.5. The molecule has 0 spiro atoms. The Morgan fingerprint density at radius 2 is 2.26 bits per heavy atom. The molecule has 1 N–H and O–H groups in total. The average molecular weight is 260 g/mol. The van der Waals surface area contributed by atoms with Gasteiger partial charge in [-0.15, -0.1) is 0 Å². The fourth-order valence-corrected chi connectivity index (χ4v) is 2.24. The van der Waals surface area contributed by atoms with Crippen LogP contribution in [0.15, 0.2) is 12.3 Å². The van der Waals surface area contributed by atoms with Crippen LogP contribution in [0.1, 0.15) is 42.7 Å². The monoisotopic (exact) mass is 260 g/mol. The van der Waals surface area contributed by atoms with Crippen LogP contribution in [0.3, 0.4) is 0 Å². The zero-order chi connectivity index (χ0) is 14.0. The summed E-state index contributed by atoms with van der Waals surface area (Å²) in [5, 5.41) is 8.21. The van der Waals surface area contributed by atoms with E-state index in [0.717, 1.165) is 29.6 Å². The van der Waals surface area contributed by atoms with Gasteiger partial charge in [0.2, 0.25) is 0 Å². The molecule has 0 fully saturated rings. The summed E-state index contributed by atoms with van der Waals surface area (Å²) in [5.74, 6) is -0.0707. The van der Waals surface area contributed by atoms with Gasteiger partial charge < -0.3 is 5.32 Å². The topological polar surface area (TPSA) is 59.8 Å². The van der Waals surface area contributed by atoms with E-state index in [0.29, 0.717) is 5.56 Å². The highest BCUT2D eigenvalue weighted by atomic mass is 16.1. The summed E-state index contributed by atoms with van der Waals surface area (Å²) in [6.07, 6.45) is 3.64. The van der Waals surface area contributed by atoms with Crippen molar-refractivity contribution in [3.8, 4) is 0 Å². The standard InChI is InChI=1S/C14H20N4O/c1-5-6-9(2)16-14(19)11-7-12-10(3)17-18(4)13(12)15-8-11/h7-9H,5-6H2,1-4H3,(H,16,19)/t9-/m1/s1.